The fourth-order valence-corrected chi connectivity index (χ4v) is 2.69. The summed E-state index contributed by atoms with van der Waals surface area (Å²) in [5.74, 6) is -0.220. The third kappa shape index (κ3) is 4.05. The normalized spacial score (nSPS) is 17.6. The van der Waals surface area contributed by atoms with Gasteiger partial charge in [0, 0.05) is 6.54 Å². The largest absolute Gasteiger partial charge is 0.461 e. The molecule has 23 heavy (non-hydrogen) atoms. The molecule has 0 amide bonds. The molecular weight excluding hydrogens is 290 g/mol. The SMILES string of the molecule is O=C(CC1C(=O)CN1Cc1ccccc1)OCc1ccccc1. The fourth-order valence-electron chi connectivity index (χ4n) is 2.69. The number of hydrogen-bond acceptors (Lipinski definition) is 4. The van der Waals surface area contributed by atoms with E-state index in [2.05, 4.69) is 0 Å². The molecule has 4 nitrogen and oxygen atoms in total. The van der Waals surface area contributed by atoms with E-state index in [1.807, 2.05) is 65.6 Å². The van der Waals surface area contributed by atoms with Gasteiger partial charge in [0.2, 0.25) is 0 Å². The van der Waals surface area contributed by atoms with Crippen LogP contribution in [0.1, 0.15) is 17.5 Å². The van der Waals surface area contributed by atoms with Crippen LogP contribution in [0.2, 0.25) is 0 Å². The molecule has 1 unspecified atom stereocenters. The molecule has 0 N–H and O–H groups in total. The predicted molar refractivity (Wildman–Crippen MR) is 86.5 cm³/mol. The Morgan fingerprint density at radius 2 is 1.61 bits per heavy atom. The minimum absolute atomic E-state index is 0.109. The summed E-state index contributed by atoms with van der Waals surface area (Å²) >= 11 is 0. The number of carbonyl (C=O) groups excluding carboxylic acids is 2. The summed E-state index contributed by atoms with van der Waals surface area (Å²) < 4.78 is 5.26. The van der Waals surface area contributed by atoms with Crippen LogP contribution >= 0.6 is 0 Å². The van der Waals surface area contributed by atoms with E-state index in [1.54, 1.807) is 0 Å². The second-order valence-electron chi connectivity index (χ2n) is 5.72. The molecule has 1 saturated heterocycles. The van der Waals surface area contributed by atoms with E-state index in [4.69, 9.17) is 4.74 Å². The second kappa shape index (κ2) is 7.20. The van der Waals surface area contributed by atoms with E-state index < -0.39 is 0 Å². The maximum absolute atomic E-state index is 12.0. The zero-order valence-electron chi connectivity index (χ0n) is 12.9. The van der Waals surface area contributed by atoms with Crippen molar-refractivity contribution in [2.75, 3.05) is 6.54 Å². The van der Waals surface area contributed by atoms with Crippen molar-refractivity contribution in [2.24, 2.45) is 0 Å². The number of nitrogens with zero attached hydrogens (tertiary/aromatic N) is 1. The van der Waals surface area contributed by atoms with Crippen LogP contribution in [0.4, 0.5) is 0 Å². The molecule has 0 aromatic heterocycles. The molecule has 1 aliphatic heterocycles. The van der Waals surface area contributed by atoms with Crippen molar-refractivity contribution in [3.8, 4) is 0 Å². The van der Waals surface area contributed by atoms with Crippen LogP contribution in [0.15, 0.2) is 60.7 Å². The number of Topliss-reactive ketones (excluding diaryl/α,β-unsaturated/α-hetero) is 1. The van der Waals surface area contributed by atoms with Gasteiger partial charge in [-0.3, -0.25) is 14.5 Å². The third-order valence-electron chi connectivity index (χ3n) is 4.00. The zero-order chi connectivity index (χ0) is 16.1. The van der Waals surface area contributed by atoms with Gasteiger partial charge in [-0.25, -0.2) is 0 Å². The number of esters is 1. The standard InChI is InChI=1S/C19H19NO3/c21-18-13-20(12-15-7-3-1-4-8-15)17(18)11-19(22)23-14-16-9-5-2-6-10-16/h1-10,17H,11-14H2. The lowest BCUT2D eigenvalue weighted by Crippen LogP contribution is -2.57. The third-order valence-corrected chi connectivity index (χ3v) is 4.00. The van der Waals surface area contributed by atoms with Gasteiger partial charge in [0.1, 0.15) is 6.61 Å². The topological polar surface area (TPSA) is 46.6 Å². The number of hydrogen-bond donors (Lipinski definition) is 0. The number of ether oxygens (including phenoxy) is 1. The maximum atomic E-state index is 12.0. The summed E-state index contributed by atoms with van der Waals surface area (Å²) in [4.78, 5) is 25.8. The van der Waals surface area contributed by atoms with Crippen LogP contribution in [-0.4, -0.2) is 29.2 Å². The van der Waals surface area contributed by atoms with Gasteiger partial charge >= 0.3 is 5.97 Å². The number of carbonyl (C=O) groups is 2. The van der Waals surface area contributed by atoms with Crippen LogP contribution in [0, 0.1) is 0 Å². The first-order valence-electron chi connectivity index (χ1n) is 7.72. The number of likely N-dealkylation sites (tertiary alicyclic amines) is 1. The molecule has 2 aromatic carbocycles. The highest BCUT2D eigenvalue weighted by Crippen LogP contribution is 2.21. The fraction of sp³-hybridized carbons (Fsp3) is 0.263. The lowest BCUT2D eigenvalue weighted by Gasteiger charge is -2.38. The molecule has 0 aliphatic carbocycles. The summed E-state index contributed by atoms with van der Waals surface area (Å²) in [6, 6.07) is 19.1. The van der Waals surface area contributed by atoms with Gasteiger partial charge in [-0.15, -0.1) is 0 Å². The Morgan fingerprint density at radius 3 is 2.22 bits per heavy atom. The summed E-state index contributed by atoms with van der Waals surface area (Å²) in [7, 11) is 0. The van der Waals surface area contributed by atoms with Crippen molar-refractivity contribution in [3.05, 3.63) is 71.8 Å². The average Bonchev–Trinajstić information content (AvgIpc) is 2.59. The molecule has 0 saturated carbocycles. The van der Waals surface area contributed by atoms with E-state index in [0.717, 1.165) is 11.1 Å². The lowest BCUT2D eigenvalue weighted by atomic mass is 9.97. The summed E-state index contributed by atoms with van der Waals surface area (Å²) in [5.41, 5.74) is 2.09. The quantitative estimate of drug-likeness (QED) is 0.770. The predicted octanol–water partition coefficient (Wildman–Crippen LogP) is 2.57. The van der Waals surface area contributed by atoms with E-state index in [9.17, 15) is 9.59 Å². The van der Waals surface area contributed by atoms with Crippen molar-refractivity contribution in [3.63, 3.8) is 0 Å². The van der Waals surface area contributed by atoms with Crippen molar-refractivity contribution < 1.29 is 14.3 Å². The molecule has 2 aromatic rings. The van der Waals surface area contributed by atoms with Crippen LogP contribution in [0.5, 0.6) is 0 Å². The molecule has 1 heterocycles. The van der Waals surface area contributed by atoms with Gasteiger partial charge in [0.05, 0.1) is 19.0 Å². The van der Waals surface area contributed by atoms with Crippen LogP contribution in [-0.2, 0) is 27.5 Å². The highest BCUT2D eigenvalue weighted by atomic mass is 16.5. The minimum atomic E-state index is -0.349. The maximum Gasteiger partial charge on any atom is 0.308 e. The van der Waals surface area contributed by atoms with Crippen LogP contribution in [0.25, 0.3) is 0 Å². The molecular formula is C19H19NO3. The van der Waals surface area contributed by atoms with Gasteiger partial charge in [0.15, 0.2) is 5.78 Å². The highest BCUT2D eigenvalue weighted by molar-refractivity contribution is 5.94. The lowest BCUT2D eigenvalue weighted by molar-refractivity contribution is -0.153. The van der Waals surface area contributed by atoms with Crippen molar-refractivity contribution in [1.29, 1.82) is 0 Å². The molecule has 1 fully saturated rings. The minimum Gasteiger partial charge on any atom is -0.461 e. The Bertz CT molecular complexity index is 670. The monoisotopic (exact) mass is 309 g/mol. The highest BCUT2D eigenvalue weighted by Gasteiger charge is 2.38. The molecule has 3 rings (SSSR count). The zero-order valence-corrected chi connectivity index (χ0v) is 12.9. The first kappa shape index (κ1) is 15.4. The summed E-state index contributed by atoms with van der Waals surface area (Å²) in [6.07, 6.45) is 0.124. The van der Waals surface area contributed by atoms with Gasteiger partial charge in [-0.2, -0.15) is 0 Å². The number of benzene rings is 2. The number of ketones is 1. The first-order chi connectivity index (χ1) is 11.2. The van der Waals surface area contributed by atoms with Crippen molar-refractivity contribution in [1.82, 2.24) is 4.90 Å². The van der Waals surface area contributed by atoms with Crippen molar-refractivity contribution >= 4 is 11.8 Å². The molecule has 118 valence electrons. The number of rotatable bonds is 6. The van der Waals surface area contributed by atoms with E-state index in [1.165, 1.54) is 0 Å². The smallest absolute Gasteiger partial charge is 0.308 e. The van der Waals surface area contributed by atoms with Gasteiger partial charge in [-0.05, 0) is 11.1 Å². The Labute approximate surface area is 135 Å². The first-order valence-corrected chi connectivity index (χ1v) is 7.72. The summed E-state index contributed by atoms with van der Waals surface area (Å²) in [6.45, 7) is 1.34. The van der Waals surface area contributed by atoms with Gasteiger partial charge < -0.3 is 4.74 Å². The molecule has 0 spiro atoms. The second-order valence-corrected chi connectivity index (χ2v) is 5.72. The molecule has 4 heteroatoms. The van der Waals surface area contributed by atoms with E-state index >= 15 is 0 Å². The summed E-state index contributed by atoms with van der Waals surface area (Å²) in [5, 5.41) is 0. The van der Waals surface area contributed by atoms with E-state index in [-0.39, 0.29) is 30.8 Å². The Hall–Kier alpha value is -2.46. The Balaban J connectivity index is 1.49. The van der Waals surface area contributed by atoms with Crippen LogP contribution < -0.4 is 0 Å². The Kier molecular flexibility index (Phi) is 4.83. The molecule has 1 atom stereocenters. The van der Waals surface area contributed by atoms with Crippen LogP contribution in [0.3, 0.4) is 0 Å². The van der Waals surface area contributed by atoms with Gasteiger partial charge in [-0.1, -0.05) is 60.7 Å². The van der Waals surface area contributed by atoms with Crippen molar-refractivity contribution in [2.45, 2.75) is 25.6 Å². The molecule has 0 radical (unpaired) electrons. The average molecular weight is 309 g/mol. The Morgan fingerprint density at radius 1 is 1.00 bits per heavy atom. The van der Waals surface area contributed by atoms with E-state index in [0.29, 0.717) is 13.1 Å². The molecule has 1 aliphatic rings. The van der Waals surface area contributed by atoms with Gasteiger partial charge in [0.25, 0.3) is 0 Å². The molecule has 0 bridgehead atoms.